The summed E-state index contributed by atoms with van der Waals surface area (Å²) in [6.45, 7) is -0.651. The van der Waals surface area contributed by atoms with Gasteiger partial charge in [-0.2, -0.15) is 13.2 Å². The Morgan fingerprint density at radius 2 is 1.76 bits per heavy atom. The molecule has 0 aliphatic carbocycles. The van der Waals surface area contributed by atoms with Crippen molar-refractivity contribution >= 4 is 17.6 Å². The predicted molar refractivity (Wildman–Crippen MR) is 104 cm³/mol. The number of rotatable bonds is 7. The molecular formula is C21H16F6N2O5. The molecular weight excluding hydrogens is 474 g/mol. The molecule has 0 unspecified atom stereocenters. The van der Waals surface area contributed by atoms with E-state index in [-0.39, 0.29) is 48.8 Å². The summed E-state index contributed by atoms with van der Waals surface area (Å²) in [5.41, 5.74) is -1.99. The summed E-state index contributed by atoms with van der Waals surface area (Å²) >= 11 is 0. The van der Waals surface area contributed by atoms with E-state index in [1.807, 2.05) is 0 Å². The van der Waals surface area contributed by atoms with Crippen molar-refractivity contribution in [3.8, 4) is 11.5 Å². The van der Waals surface area contributed by atoms with Crippen LogP contribution in [0.3, 0.4) is 0 Å². The van der Waals surface area contributed by atoms with Crippen LogP contribution in [0.4, 0.5) is 32.0 Å². The van der Waals surface area contributed by atoms with Crippen LogP contribution >= 0.6 is 0 Å². The normalized spacial score (nSPS) is 14.0. The van der Waals surface area contributed by atoms with Gasteiger partial charge in [0.05, 0.1) is 31.4 Å². The Bertz CT molecular complexity index is 1140. The van der Waals surface area contributed by atoms with Crippen LogP contribution in [0.25, 0.3) is 0 Å². The molecule has 0 aromatic heterocycles. The van der Waals surface area contributed by atoms with Crippen LogP contribution in [0.1, 0.15) is 5.56 Å². The summed E-state index contributed by atoms with van der Waals surface area (Å²) in [6, 6.07) is 2.81. The minimum atomic E-state index is -5.02. The number of aliphatic hydroxyl groups is 1. The first-order valence-electron chi connectivity index (χ1n) is 9.48. The van der Waals surface area contributed by atoms with Crippen LogP contribution in [0.5, 0.6) is 11.5 Å². The molecule has 0 spiro atoms. The number of halogens is 6. The number of esters is 1. The van der Waals surface area contributed by atoms with Gasteiger partial charge < -0.3 is 24.8 Å². The predicted octanol–water partition coefficient (Wildman–Crippen LogP) is 3.59. The van der Waals surface area contributed by atoms with E-state index in [9.17, 15) is 35.9 Å². The van der Waals surface area contributed by atoms with Gasteiger partial charge in [0.25, 0.3) is 5.91 Å². The van der Waals surface area contributed by atoms with E-state index in [1.165, 1.54) is 0 Å². The number of nitrogens with one attached hydrogen (secondary N) is 1. The molecule has 182 valence electrons. The van der Waals surface area contributed by atoms with Crippen LogP contribution in [0.15, 0.2) is 41.6 Å². The number of hydrogen-bond acceptors (Lipinski definition) is 6. The molecule has 0 radical (unpaired) electrons. The molecule has 0 saturated carbocycles. The summed E-state index contributed by atoms with van der Waals surface area (Å²) in [4.78, 5) is 25.7. The van der Waals surface area contributed by atoms with E-state index < -0.39 is 52.6 Å². The fraction of sp³-hybridized carbons (Fsp3) is 0.238. The van der Waals surface area contributed by atoms with E-state index in [2.05, 4.69) is 10.1 Å². The SMILES string of the molecule is COC(=O)C1=C(Nc2ccc(F)c(Oc3c(F)cc(C(F)(F)F)cc3F)c2)C(=O)N(CCO)C1. The largest absolute Gasteiger partial charge is 0.466 e. The third kappa shape index (κ3) is 5.09. The number of anilines is 1. The van der Waals surface area contributed by atoms with E-state index in [1.54, 1.807) is 0 Å². The van der Waals surface area contributed by atoms with E-state index in [0.717, 1.165) is 30.2 Å². The smallest absolute Gasteiger partial charge is 0.416 e. The van der Waals surface area contributed by atoms with Gasteiger partial charge in [-0.15, -0.1) is 0 Å². The average molecular weight is 490 g/mol. The average Bonchev–Trinajstić information content (AvgIpc) is 3.07. The van der Waals surface area contributed by atoms with Crippen LogP contribution in [0.2, 0.25) is 0 Å². The maximum Gasteiger partial charge on any atom is 0.416 e. The maximum absolute atomic E-state index is 14.2. The van der Waals surface area contributed by atoms with Gasteiger partial charge in [-0.25, -0.2) is 18.0 Å². The second-order valence-electron chi connectivity index (χ2n) is 6.93. The number of alkyl halides is 3. The Morgan fingerprint density at radius 1 is 1.12 bits per heavy atom. The molecule has 2 aromatic carbocycles. The van der Waals surface area contributed by atoms with Crippen molar-refractivity contribution in [3.63, 3.8) is 0 Å². The van der Waals surface area contributed by atoms with Gasteiger partial charge in [-0.1, -0.05) is 0 Å². The Balaban J connectivity index is 1.93. The third-order valence-corrected chi connectivity index (χ3v) is 4.69. The van der Waals surface area contributed by atoms with Crippen LogP contribution in [-0.2, 0) is 20.5 Å². The van der Waals surface area contributed by atoms with Gasteiger partial charge >= 0.3 is 12.1 Å². The van der Waals surface area contributed by atoms with Gasteiger partial charge in [-0.3, -0.25) is 4.79 Å². The molecule has 0 bridgehead atoms. The molecule has 1 aliphatic heterocycles. The van der Waals surface area contributed by atoms with Crippen molar-refractivity contribution in [2.45, 2.75) is 6.18 Å². The van der Waals surface area contributed by atoms with Crippen molar-refractivity contribution in [1.82, 2.24) is 4.90 Å². The number of methoxy groups -OCH3 is 1. The van der Waals surface area contributed by atoms with Crippen molar-refractivity contribution in [2.24, 2.45) is 0 Å². The van der Waals surface area contributed by atoms with Crippen LogP contribution in [-0.4, -0.2) is 48.7 Å². The molecule has 34 heavy (non-hydrogen) atoms. The van der Waals surface area contributed by atoms with E-state index >= 15 is 0 Å². The number of aliphatic hydroxyl groups excluding tert-OH is 1. The molecule has 7 nitrogen and oxygen atoms in total. The first kappa shape index (κ1) is 24.9. The number of ether oxygens (including phenoxy) is 2. The Kier molecular flexibility index (Phi) is 7.05. The van der Waals surface area contributed by atoms with Crippen LogP contribution in [0, 0.1) is 17.5 Å². The number of nitrogens with zero attached hydrogens (tertiary/aromatic N) is 1. The van der Waals surface area contributed by atoms with Crippen LogP contribution < -0.4 is 10.1 Å². The maximum atomic E-state index is 14.2. The monoisotopic (exact) mass is 490 g/mol. The third-order valence-electron chi connectivity index (χ3n) is 4.69. The number of carbonyl (C=O) groups is 2. The summed E-state index contributed by atoms with van der Waals surface area (Å²) in [7, 11) is 1.09. The summed E-state index contributed by atoms with van der Waals surface area (Å²) in [5.74, 6) is -8.13. The highest BCUT2D eigenvalue weighted by molar-refractivity contribution is 6.08. The molecule has 0 fully saturated rings. The molecule has 2 N–H and O–H groups in total. The second kappa shape index (κ2) is 9.63. The first-order chi connectivity index (χ1) is 16.0. The lowest BCUT2D eigenvalue weighted by Gasteiger charge is -2.15. The minimum absolute atomic E-state index is 0.00118. The van der Waals surface area contributed by atoms with Gasteiger partial charge in [-0.05, 0) is 24.3 Å². The molecule has 1 aliphatic rings. The van der Waals surface area contributed by atoms with Crippen molar-refractivity contribution in [3.05, 3.63) is 64.6 Å². The zero-order chi connectivity index (χ0) is 25.2. The number of amides is 1. The first-order valence-corrected chi connectivity index (χ1v) is 9.48. The van der Waals surface area contributed by atoms with E-state index in [0.29, 0.717) is 0 Å². The minimum Gasteiger partial charge on any atom is -0.466 e. The topological polar surface area (TPSA) is 88.1 Å². The molecule has 3 rings (SSSR count). The van der Waals surface area contributed by atoms with Gasteiger partial charge in [0.15, 0.2) is 29.0 Å². The fourth-order valence-electron chi connectivity index (χ4n) is 3.08. The lowest BCUT2D eigenvalue weighted by atomic mass is 10.2. The summed E-state index contributed by atoms with van der Waals surface area (Å²) < 4.78 is 90.1. The highest BCUT2D eigenvalue weighted by Gasteiger charge is 2.35. The van der Waals surface area contributed by atoms with Gasteiger partial charge in [0, 0.05) is 18.3 Å². The zero-order valence-electron chi connectivity index (χ0n) is 17.3. The van der Waals surface area contributed by atoms with Crippen molar-refractivity contribution in [1.29, 1.82) is 0 Å². The molecule has 0 saturated heterocycles. The highest BCUT2D eigenvalue weighted by atomic mass is 19.4. The number of β-amino-alcohol motifs (C(OH)–C–C–N with tert-alkyl or cyclic N) is 1. The second-order valence-corrected chi connectivity index (χ2v) is 6.93. The molecule has 13 heteroatoms. The molecule has 0 atom stereocenters. The lowest BCUT2D eigenvalue weighted by molar-refractivity contribution is -0.138. The van der Waals surface area contributed by atoms with E-state index in [4.69, 9.17) is 9.84 Å². The summed E-state index contributed by atoms with van der Waals surface area (Å²) in [5, 5.41) is 11.7. The lowest BCUT2D eigenvalue weighted by Crippen LogP contribution is -2.31. The van der Waals surface area contributed by atoms with Crippen molar-refractivity contribution < 1.29 is 50.5 Å². The Morgan fingerprint density at radius 3 is 2.32 bits per heavy atom. The fourth-order valence-corrected chi connectivity index (χ4v) is 3.08. The van der Waals surface area contributed by atoms with Gasteiger partial charge in [0.1, 0.15) is 5.70 Å². The Labute approximate surface area is 188 Å². The number of hydrogen-bond donors (Lipinski definition) is 2. The van der Waals surface area contributed by atoms with Gasteiger partial charge in [0.2, 0.25) is 0 Å². The summed E-state index contributed by atoms with van der Waals surface area (Å²) in [6.07, 6.45) is -5.02. The Hall–Kier alpha value is -3.74. The molecule has 2 aromatic rings. The quantitative estimate of drug-likeness (QED) is 0.456. The molecule has 1 amide bonds. The standard InChI is InChI=1S/C21H16F6N2O5/c1-33-20(32)12-9-29(4-5-30)19(31)17(12)28-11-2-3-13(22)16(8-11)34-18-14(23)6-10(7-15(18)24)21(25,26)27/h2-3,6-8,28,30H,4-5,9H2,1H3. The highest BCUT2D eigenvalue weighted by Crippen LogP contribution is 2.37. The van der Waals surface area contributed by atoms with Crippen molar-refractivity contribution in [2.75, 3.05) is 32.1 Å². The zero-order valence-corrected chi connectivity index (χ0v) is 17.3. The molecule has 1 heterocycles. The number of carbonyl (C=O) groups excluding carboxylic acids is 2. The number of benzene rings is 2.